The van der Waals surface area contributed by atoms with Crippen LogP contribution in [0.3, 0.4) is 0 Å². The van der Waals surface area contributed by atoms with Crippen molar-refractivity contribution >= 4 is 17.3 Å². The summed E-state index contributed by atoms with van der Waals surface area (Å²) in [6.45, 7) is 1.54. The van der Waals surface area contributed by atoms with Crippen molar-refractivity contribution in [1.82, 2.24) is 5.16 Å². The summed E-state index contributed by atoms with van der Waals surface area (Å²) in [5.74, 6) is -0.698. The van der Waals surface area contributed by atoms with Crippen LogP contribution >= 0.6 is 0 Å². The third-order valence-corrected chi connectivity index (χ3v) is 3.93. The van der Waals surface area contributed by atoms with Crippen molar-refractivity contribution in [1.29, 1.82) is 0 Å². The molecular formula is C18H14FN3O5. The largest absolute Gasteiger partial charge is 0.455 e. The molecule has 3 rings (SSSR count). The number of ether oxygens (including phenoxy) is 1. The first-order chi connectivity index (χ1) is 12.9. The average Bonchev–Trinajstić information content (AvgIpc) is 3.01. The number of esters is 1. The highest BCUT2D eigenvalue weighted by molar-refractivity contribution is 5.91. The van der Waals surface area contributed by atoms with Crippen molar-refractivity contribution < 1.29 is 23.4 Å². The molecule has 0 bridgehead atoms. The Morgan fingerprint density at radius 3 is 2.67 bits per heavy atom. The Bertz CT molecular complexity index is 1010. The predicted octanol–water partition coefficient (Wildman–Crippen LogP) is 3.64. The monoisotopic (exact) mass is 371 g/mol. The number of nitrogens with zero attached hydrogens (tertiary/aromatic N) is 2. The van der Waals surface area contributed by atoms with Crippen molar-refractivity contribution in [3.05, 3.63) is 75.2 Å². The van der Waals surface area contributed by atoms with E-state index < -0.39 is 10.9 Å². The van der Waals surface area contributed by atoms with Crippen molar-refractivity contribution in [3.8, 4) is 11.3 Å². The third kappa shape index (κ3) is 3.76. The number of halogens is 1. The molecule has 0 amide bonds. The second-order valence-corrected chi connectivity index (χ2v) is 5.70. The molecule has 0 aliphatic carbocycles. The number of nitrogens with two attached hydrogens (primary N) is 1. The van der Waals surface area contributed by atoms with Gasteiger partial charge in [-0.15, -0.1) is 0 Å². The standard InChI is InChI=1S/C18H14FN3O5/c1-10-15(21-27-17(10)11-2-5-13(19)6-3-11)9-26-18(23)12-4-7-14(20)16(8-12)22(24)25/h2-8H,9,20H2,1H3. The van der Waals surface area contributed by atoms with E-state index in [-0.39, 0.29) is 29.4 Å². The molecule has 0 spiro atoms. The highest BCUT2D eigenvalue weighted by atomic mass is 19.1. The van der Waals surface area contributed by atoms with E-state index in [4.69, 9.17) is 15.0 Å². The third-order valence-electron chi connectivity index (χ3n) is 3.93. The van der Waals surface area contributed by atoms with Gasteiger partial charge in [0.2, 0.25) is 0 Å². The molecule has 27 heavy (non-hydrogen) atoms. The van der Waals surface area contributed by atoms with E-state index in [1.54, 1.807) is 19.1 Å². The van der Waals surface area contributed by atoms with Crippen molar-refractivity contribution in [2.45, 2.75) is 13.5 Å². The molecular weight excluding hydrogens is 357 g/mol. The van der Waals surface area contributed by atoms with Gasteiger partial charge in [-0.3, -0.25) is 10.1 Å². The first-order valence-electron chi connectivity index (χ1n) is 7.79. The van der Waals surface area contributed by atoms with Crippen LogP contribution in [0.5, 0.6) is 0 Å². The lowest BCUT2D eigenvalue weighted by molar-refractivity contribution is -0.383. The van der Waals surface area contributed by atoms with Gasteiger partial charge in [0, 0.05) is 17.2 Å². The first kappa shape index (κ1) is 18.1. The van der Waals surface area contributed by atoms with E-state index >= 15 is 0 Å². The fourth-order valence-electron chi connectivity index (χ4n) is 2.42. The van der Waals surface area contributed by atoms with Crippen LogP contribution < -0.4 is 5.73 Å². The van der Waals surface area contributed by atoms with Gasteiger partial charge in [-0.2, -0.15) is 0 Å². The van der Waals surface area contributed by atoms with Crippen LogP contribution in [0.15, 0.2) is 47.0 Å². The number of nitro groups is 1. The van der Waals surface area contributed by atoms with Gasteiger partial charge in [-0.25, -0.2) is 9.18 Å². The smallest absolute Gasteiger partial charge is 0.338 e. The summed E-state index contributed by atoms with van der Waals surface area (Å²) < 4.78 is 23.4. The summed E-state index contributed by atoms with van der Waals surface area (Å²) >= 11 is 0. The van der Waals surface area contributed by atoms with Crippen molar-refractivity contribution in [3.63, 3.8) is 0 Å². The average molecular weight is 371 g/mol. The summed E-state index contributed by atoms with van der Waals surface area (Å²) in [6, 6.07) is 9.35. The number of carbonyl (C=O) groups excluding carboxylic acids is 1. The minimum absolute atomic E-state index is 0.00388. The van der Waals surface area contributed by atoms with Crippen LogP contribution in [0.2, 0.25) is 0 Å². The van der Waals surface area contributed by atoms with Crippen LogP contribution in [0.1, 0.15) is 21.6 Å². The van der Waals surface area contributed by atoms with Crippen LogP contribution in [-0.4, -0.2) is 16.0 Å². The van der Waals surface area contributed by atoms with Crippen molar-refractivity contribution in [2.75, 3.05) is 5.73 Å². The molecule has 0 unspecified atom stereocenters. The van der Waals surface area contributed by atoms with Gasteiger partial charge in [0.05, 0.1) is 10.5 Å². The summed E-state index contributed by atoms with van der Waals surface area (Å²) in [4.78, 5) is 22.4. The van der Waals surface area contributed by atoms with Crippen molar-refractivity contribution in [2.24, 2.45) is 0 Å². The Hall–Kier alpha value is -3.75. The molecule has 8 nitrogen and oxygen atoms in total. The minimum atomic E-state index is -0.760. The summed E-state index contributed by atoms with van der Waals surface area (Å²) in [5.41, 5.74) is 6.73. The first-order valence-corrected chi connectivity index (χ1v) is 7.79. The van der Waals surface area contributed by atoms with Gasteiger partial charge in [-0.1, -0.05) is 5.16 Å². The number of anilines is 1. The van der Waals surface area contributed by atoms with Crippen LogP contribution in [0.25, 0.3) is 11.3 Å². The molecule has 0 aliphatic heterocycles. The number of rotatable bonds is 5. The highest BCUT2D eigenvalue weighted by Gasteiger charge is 2.19. The predicted molar refractivity (Wildman–Crippen MR) is 93.3 cm³/mol. The van der Waals surface area contributed by atoms with Gasteiger partial charge >= 0.3 is 5.97 Å². The number of nitrogen functional groups attached to an aromatic ring is 1. The molecule has 2 aromatic carbocycles. The van der Waals surface area contributed by atoms with E-state index in [9.17, 15) is 19.3 Å². The molecule has 9 heteroatoms. The molecule has 0 fully saturated rings. The van der Waals surface area contributed by atoms with E-state index in [0.717, 1.165) is 6.07 Å². The lowest BCUT2D eigenvalue weighted by Gasteiger charge is -2.04. The van der Waals surface area contributed by atoms with Crippen LogP contribution in [0.4, 0.5) is 15.8 Å². The molecule has 2 N–H and O–H groups in total. The number of nitro benzene ring substituents is 1. The number of benzene rings is 2. The van der Waals surface area contributed by atoms with Gasteiger partial charge in [-0.05, 0) is 43.3 Å². The zero-order chi connectivity index (χ0) is 19.6. The molecule has 0 saturated carbocycles. The van der Waals surface area contributed by atoms with Gasteiger partial charge in [0.15, 0.2) is 5.76 Å². The number of aromatic nitrogens is 1. The minimum Gasteiger partial charge on any atom is -0.455 e. The second-order valence-electron chi connectivity index (χ2n) is 5.70. The summed E-state index contributed by atoms with van der Waals surface area (Å²) in [7, 11) is 0. The second kappa shape index (κ2) is 7.24. The normalized spacial score (nSPS) is 10.6. The maximum atomic E-state index is 13.0. The Morgan fingerprint density at radius 1 is 1.30 bits per heavy atom. The van der Waals surface area contributed by atoms with Crippen LogP contribution in [0, 0.1) is 22.9 Å². The highest BCUT2D eigenvalue weighted by Crippen LogP contribution is 2.27. The maximum absolute atomic E-state index is 13.0. The quantitative estimate of drug-likeness (QED) is 0.314. The molecule has 3 aromatic rings. The zero-order valence-electron chi connectivity index (χ0n) is 14.1. The zero-order valence-corrected chi connectivity index (χ0v) is 14.1. The van der Waals surface area contributed by atoms with E-state index in [1.807, 2.05) is 0 Å². The number of hydrogen-bond acceptors (Lipinski definition) is 7. The van der Waals surface area contributed by atoms with Crippen LogP contribution in [-0.2, 0) is 11.3 Å². The van der Waals surface area contributed by atoms with E-state index in [0.29, 0.717) is 22.6 Å². The Kier molecular flexibility index (Phi) is 4.84. The Labute approximate surface area is 152 Å². The fraction of sp³-hybridized carbons (Fsp3) is 0.111. The SMILES string of the molecule is Cc1c(COC(=O)c2ccc(N)c([N+](=O)[O-])c2)noc1-c1ccc(F)cc1. The molecule has 0 atom stereocenters. The summed E-state index contributed by atoms with van der Waals surface area (Å²) in [6.07, 6.45) is 0. The molecule has 138 valence electrons. The Morgan fingerprint density at radius 2 is 2.00 bits per heavy atom. The molecule has 0 saturated heterocycles. The Balaban J connectivity index is 1.74. The van der Waals surface area contributed by atoms with Gasteiger partial charge < -0.3 is 15.0 Å². The van der Waals surface area contributed by atoms with Gasteiger partial charge in [0.25, 0.3) is 5.69 Å². The topological polar surface area (TPSA) is 121 Å². The number of carbonyl (C=O) groups is 1. The lowest BCUT2D eigenvalue weighted by atomic mass is 10.1. The molecule has 0 aliphatic rings. The number of hydrogen-bond donors (Lipinski definition) is 1. The molecule has 1 aromatic heterocycles. The lowest BCUT2D eigenvalue weighted by Crippen LogP contribution is -2.07. The summed E-state index contributed by atoms with van der Waals surface area (Å²) in [5, 5.41) is 14.8. The van der Waals surface area contributed by atoms with E-state index in [2.05, 4.69) is 5.16 Å². The maximum Gasteiger partial charge on any atom is 0.338 e. The van der Waals surface area contributed by atoms with Gasteiger partial charge in [0.1, 0.15) is 23.8 Å². The van der Waals surface area contributed by atoms with E-state index in [1.165, 1.54) is 24.3 Å². The fourth-order valence-corrected chi connectivity index (χ4v) is 2.42. The molecule has 0 radical (unpaired) electrons. The molecule has 1 heterocycles.